The Morgan fingerprint density at radius 3 is 2.52 bits per heavy atom. The fourth-order valence-electron chi connectivity index (χ4n) is 1.63. The fourth-order valence-corrected chi connectivity index (χ4v) is 2.22. The molecule has 0 unspecified atom stereocenters. The van der Waals surface area contributed by atoms with Gasteiger partial charge in [0.2, 0.25) is 0 Å². The second kappa shape index (κ2) is 5.96. The molecule has 2 rings (SSSR count). The third-order valence-electron chi connectivity index (χ3n) is 2.62. The molecule has 0 bridgehead atoms. The number of benzene rings is 2. The van der Waals surface area contributed by atoms with Crippen molar-refractivity contribution in [2.24, 2.45) is 0 Å². The molecule has 21 heavy (non-hydrogen) atoms. The van der Waals surface area contributed by atoms with Crippen LogP contribution in [-0.2, 0) is 0 Å². The van der Waals surface area contributed by atoms with Gasteiger partial charge in [0.15, 0.2) is 11.6 Å². The van der Waals surface area contributed by atoms with Crippen molar-refractivity contribution in [2.45, 2.75) is 0 Å². The average molecular weight is 357 g/mol. The molecule has 0 aliphatic carbocycles. The fraction of sp³-hybridized carbons (Fsp3) is 0. The molecule has 0 radical (unpaired) electrons. The van der Waals surface area contributed by atoms with Crippen LogP contribution in [0.5, 0.6) is 0 Å². The van der Waals surface area contributed by atoms with E-state index in [0.717, 1.165) is 6.07 Å². The van der Waals surface area contributed by atoms with E-state index in [1.54, 1.807) is 0 Å². The van der Waals surface area contributed by atoms with Crippen molar-refractivity contribution in [3.8, 4) is 0 Å². The molecule has 108 valence electrons. The van der Waals surface area contributed by atoms with Gasteiger partial charge < -0.3 is 5.32 Å². The van der Waals surface area contributed by atoms with E-state index < -0.39 is 22.5 Å². The molecule has 1 amide bonds. The predicted octanol–water partition coefficient (Wildman–Crippen LogP) is 3.89. The quantitative estimate of drug-likeness (QED) is 0.669. The molecule has 0 saturated carbocycles. The van der Waals surface area contributed by atoms with Gasteiger partial charge in [-0.25, -0.2) is 8.78 Å². The molecule has 0 saturated heterocycles. The van der Waals surface area contributed by atoms with Gasteiger partial charge in [0, 0.05) is 6.07 Å². The van der Waals surface area contributed by atoms with Gasteiger partial charge in [-0.3, -0.25) is 14.9 Å². The SMILES string of the molecule is O=C(Nc1cccc(F)c1F)c1cccc([N+](=O)[O-])c1Br. The van der Waals surface area contributed by atoms with Crippen LogP contribution in [0.4, 0.5) is 20.2 Å². The Bertz CT molecular complexity index is 737. The largest absolute Gasteiger partial charge is 0.319 e. The van der Waals surface area contributed by atoms with Gasteiger partial charge in [-0.1, -0.05) is 12.1 Å². The van der Waals surface area contributed by atoms with Crippen LogP contribution >= 0.6 is 15.9 Å². The van der Waals surface area contributed by atoms with E-state index in [9.17, 15) is 23.7 Å². The van der Waals surface area contributed by atoms with Crippen molar-refractivity contribution in [3.05, 3.63) is 68.2 Å². The molecular formula is C13H7BrF2N2O3. The Morgan fingerprint density at radius 1 is 1.19 bits per heavy atom. The first kappa shape index (κ1) is 15.0. The molecule has 1 N–H and O–H groups in total. The summed E-state index contributed by atoms with van der Waals surface area (Å²) in [4.78, 5) is 22.1. The van der Waals surface area contributed by atoms with E-state index in [-0.39, 0.29) is 21.4 Å². The number of nitro groups is 1. The lowest BCUT2D eigenvalue weighted by Crippen LogP contribution is -2.14. The van der Waals surface area contributed by atoms with Crippen molar-refractivity contribution >= 4 is 33.2 Å². The smallest absolute Gasteiger partial charge is 0.284 e. The van der Waals surface area contributed by atoms with Crippen molar-refractivity contribution in [1.82, 2.24) is 0 Å². The second-order valence-electron chi connectivity index (χ2n) is 3.95. The number of hydrogen-bond donors (Lipinski definition) is 1. The van der Waals surface area contributed by atoms with Crippen LogP contribution in [0.1, 0.15) is 10.4 Å². The highest BCUT2D eigenvalue weighted by molar-refractivity contribution is 9.10. The summed E-state index contributed by atoms with van der Waals surface area (Å²) in [7, 11) is 0. The molecule has 0 aliphatic rings. The highest BCUT2D eigenvalue weighted by Gasteiger charge is 2.20. The van der Waals surface area contributed by atoms with E-state index >= 15 is 0 Å². The van der Waals surface area contributed by atoms with Crippen LogP contribution in [0.15, 0.2) is 40.9 Å². The number of carbonyl (C=O) groups is 1. The van der Waals surface area contributed by atoms with Crippen LogP contribution < -0.4 is 5.32 Å². The molecule has 0 spiro atoms. The van der Waals surface area contributed by atoms with E-state index in [0.29, 0.717) is 0 Å². The van der Waals surface area contributed by atoms with Crippen molar-refractivity contribution in [1.29, 1.82) is 0 Å². The number of nitro benzene ring substituents is 1. The lowest BCUT2D eigenvalue weighted by molar-refractivity contribution is -0.385. The minimum Gasteiger partial charge on any atom is -0.319 e. The number of amides is 1. The third-order valence-corrected chi connectivity index (χ3v) is 3.45. The van der Waals surface area contributed by atoms with Crippen LogP contribution in [0.2, 0.25) is 0 Å². The monoisotopic (exact) mass is 356 g/mol. The number of halogens is 3. The topological polar surface area (TPSA) is 72.2 Å². The first-order valence-electron chi connectivity index (χ1n) is 5.60. The molecular weight excluding hydrogens is 350 g/mol. The number of nitrogens with zero attached hydrogens (tertiary/aromatic N) is 1. The lowest BCUT2D eigenvalue weighted by atomic mass is 10.2. The second-order valence-corrected chi connectivity index (χ2v) is 4.74. The average Bonchev–Trinajstić information content (AvgIpc) is 2.43. The van der Waals surface area contributed by atoms with E-state index in [4.69, 9.17) is 0 Å². The summed E-state index contributed by atoms with van der Waals surface area (Å²) in [5.41, 5.74) is -0.714. The Balaban J connectivity index is 2.35. The first-order valence-corrected chi connectivity index (χ1v) is 6.39. The van der Waals surface area contributed by atoms with E-state index in [1.165, 1.54) is 30.3 Å². The van der Waals surface area contributed by atoms with Gasteiger partial charge >= 0.3 is 0 Å². The first-order chi connectivity index (χ1) is 9.91. The molecule has 0 aliphatic heterocycles. The highest BCUT2D eigenvalue weighted by atomic mass is 79.9. The molecule has 0 atom stereocenters. The standard InChI is InChI=1S/C13H7BrF2N2O3/c14-11-7(3-1-6-10(11)18(20)21)13(19)17-9-5-2-4-8(15)12(9)16/h1-6H,(H,17,19). The van der Waals surface area contributed by atoms with Gasteiger partial charge in [0.1, 0.15) is 4.47 Å². The van der Waals surface area contributed by atoms with Gasteiger partial charge in [0.05, 0.1) is 16.2 Å². The third kappa shape index (κ3) is 3.05. The number of hydrogen-bond acceptors (Lipinski definition) is 3. The summed E-state index contributed by atoms with van der Waals surface area (Å²) < 4.78 is 26.5. The molecule has 0 heterocycles. The molecule has 0 aromatic heterocycles. The summed E-state index contributed by atoms with van der Waals surface area (Å²) in [5.74, 6) is -3.10. The Morgan fingerprint density at radius 2 is 1.86 bits per heavy atom. The van der Waals surface area contributed by atoms with Crippen molar-refractivity contribution in [2.75, 3.05) is 5.32 Å². The minimum absolute atomic E-state index is 0.0377. The van der Waals surface area contributed by atoms with Gasteiger partial charge in [0.25, 0.3) is 11.6 Å². The van der Waals surface area contributed by atoms with E-state index in [2.05, 4.69) is 21.2 Å². The molecule has 0 fully saturated rings. The van der Waals surface area contributed by atoms with Gasteiger partial charge in [-0.15, -0.1) is 0 Å². The zero-order valence-electron chi connectivity index (χ0n) is 10.3. The molecule has 5 nitrogen and oxygen atoms in total. The maximum absolute atomic E-state index is 13.5. The summed E-state index contributed by atoms with van der Waals surface area (Å²) in [6.45, 7) is 0. The predicted molar refractivity (Wildman–Crippen MR) is 75.1 cm³/mol. The maximum atomic E-state index is 13.5. The highest BCUT2D eigenvalue weighted by Crippen LogP contribution is 2.29. The normalized spacial score (nSPS) is 10.2. The van der Waals surface area contributed by atoms with Crippen LogP contribution in [0.3, 0.4) is 0 Å². The zero-order valence-corrected chi connectivity index (χ0v) is 11.9. The lowest BCUT2D eigenvalue weighted by Gasteiger charge is -2.08. The summed E-state index contributed by atoms with van der Waals surface area (Å²) >= 11 is 2.96. The summed E-state index contributed by atoms with van der Waals surface area (Å²) in [6.07, 6.45) is 0. The van der Waals surface area contributed by atoms with Gasteiger partial charge in [-0.2, -0.15) is 0 Å². The van der Waals surface area contributed by atoms with Crippen LogP contribution in [0, 0.1) is 21.7 Å². The van der Waals surface area contributed by atoms with Crippen LogP contribution in [0.25, 0.3) is 0 Å². The minimum atomic E-state index is -1.20. The Hall–Kier alpha value is -2.35. The van der Waals surface area contributed by atoms with Crippen molar-refractivity contribution in [3.63, 3.8) is 0 Å². The number of nitrogens with one attached hydrogen (secondary N) is 1. The Kier molecular flexibility index (Phi) is 4.27. The van der Waals surface area contributed by atoms with E-state index in [1.807, 2.05) is 0 Å². The summed E-state index contributed by atoms with van der Waals surface area (Å²) in [5, 5.41) is 13.0. The molecule has 2 aromatic rings. The van der Waals surface area contributed by atoms with Crippen LogP contribution in [-0.4, -0.2) is 10.8 Å². The van der Waals surface area contributed by atoms with Crippen molar-refractivity contribution < 1.29 is 18.5 Å². The zero-order chi connectivity index (χ0) is 15.6. The summed E-state index contributed by atoms with van der Waals surface area (Å²) in [6, 6.07) is 7.18. The molecule has 2 aromatic carbocycles. The number of carbonyl (C=O) groups excluding carboxylic acids is 1. The Labute approximate surface area is 125 Å². The maximum Gasteiger partial charge on any atom is 0.284 e. The number of rotatable bonds is 3. The number of anilines is 1. The van der Waals surface area contributed by atoms with Gasteiger partial charge in [-0.05, 0) is 34.1 Å². The molecule has 8 heteroatoms.